The Labute approximate surface area is 114 Å². The predicted octanol–water partition coefficient (Wildman–Crippen LogP) is 4.44. The predicted molar refractivity (Wildman–Crippen MR) is 82.6 cm³/mol. The molecule has 0 aliphatic heterocycles. The van der Waals surface area contributed by atoms with Gasteiger partial charge in [0.25, 0.3) is 0 Å². The van der Waals surface area contributed by atoms with E-state index in [4.69, 9.17) is 0 Å². The van der Waals surface area contributed by atoms with Crippen molar-refractivity contribution in [3.63, 3.8) is 0 Å². The summed E-state index contributed by atoms with van der Waals surface area (Å²) in [6.07, 6.45) is 1.18. The second-order valence-corrected chi connectivity index (χ2v) is 6.70. The maximum atomic E-state index is 3.30. The Balaban J connectivity index is 2.64. The van der Waals surface area contributed by atoms with Crippen molar-refractivity contribution in [3.05, 3.63) is 33.7 Å². The van der Waals surface area contributed by atoms with Gasteiger partial charge in [0.1, 0.15) is 0 Å². The van der Waals surface area contributed by atoms with Crippen molar-refractivity contribution in [1.82, 2.24) is 5.32 Å². The van der Waals surface area contributed by atoms with E-state index in [0.29, 0.717) is 5.92 Å². The SMILES string of the molecule is CNCc1sc2c(C)cc(C)cc2c1CC(C)C. The largest absolute Gasteiger partial charge is 0.315 e. The Kier molecular flexibility index (Phi) is 4.08. The summed E-state index contributed by atoms with van der Waals surface area (Å²) in [5, 5.41) is 4.79. The van der Waals surface area contributed by atoms with E-state index in [1.165, 1.54) is 32.5 Å². The van der Waals surface area contributed by atoms with Crippen molar-refractivity contribution < 1.29 is 0 Å². The van der Waals surface area contributed by atoms with Gasteiger partial charge in [-0.1, -0.05) is 31.5 Å². The summed E-state index contributed by atoms with van der Waals surface area (Å²) >= 11 is 1.96. The topological polar surface area (TPSA) is 12.0 Å². The van der Waals surface area contributed by atoms with E-state index in [0.717, 1.165) is 6.54 Å². The van der Waals surface area contributed by atoms with E-state index < -0.39 is 0 Å². The third-order valence-corrected chi connectivity index (χ3v) is 4.64. The fourth-order valence-electron chi connectivity index (χ4n) is 2.58. The molecule has 0 radical (unpaired) electrons. The van der Waals surface area contributed by atoms with E-state index in [1.807, 2.05) is 18.4 Å². The van der Waals surface area contributed by atoms with Gasteiger partial charge >= 0.3 is 0 Å². The fourth-order valence-corrected chi connectivity index (χ4v) is 3.88. The lowest BCUT2D eigenvalue weighted by Gasteiger charge is -2.08. The van der Waals surface area contributed by atoms with Crippen molar-refractivity contribution in [3.8, 4) is 0 Å². The van der Waals surface area contributed by atoms with Crippen LogP contribution in [0.5, 0.6) is 0 Å². The van der Waals surface area contributed by atoms with Crippen LogP contribution >= 0.6 is 11.3 Å². The van der Waals surface area contributed by atoms with Gasteiger partial charge in [-0.15, -0.1) is 11.3 Å². The van der Waals surface area contributed by atoms with E-state index in [1.54, 1.807) is 5.56 Å². The van der Waals surface area contributed by atoms with Crippen LogP contribution in [-0.4, -0.2) is 7.05 Å². The first kappa shape index (κ1) is 13.6. The minimum Gasteiger partial charge on any atom is -0.315 e. The molecule has 0 saturated carbocycles. The molecule has 18 heavy (non-hydrogen) atoms. The third-order valence-electron chi connectivity index (χ3n) is 3.26. The second-order valence-electron chi connectivity index (χ2n) is 5.59. The molecule has 0 aliphatic carbocycles. The highest BCUT2D eigenvalue weighted by molar-refractivity contribution is 7.19. The molecule has 0 spiro atoms. The van der Waals surface area contributed by atoms with Gasteiger partial charge in [-0.2, -0.15) is 0 Å². The Morgan fingerprint density at radius 3 is 2.56 bits per heavy atom. The summed E-state index contributed by atoms with van der Waals surface area (Å²) < 4.78 is 1.47. The minimum absolute atomic E-state index is 0.708. The number of benzene rings is 1. The van der Waals surface area contributed by atoms with Crippen LogP contribution in [0.1, 0.15) is 35.4 Å². The van der Waals surface area contributed by atoms with Crippen LogP contribution < -0.4 is 5.32 Å². The molecule has 0 atom stereocenters. The summed E-state index contributed by atoms with van der Waals surface area (Å²) in [6.45, 7) is 10.0. The van der Waals surface area contributed by atoms with Gasteiger partial charge in [0.05, 0.1) is 0 Å². The molecular weight excluding hydrogens is 238 g/mol. The third kappa shape index (κ3) is 2.60. The van der Waals surface area contributed by atoms with Crippen molar-refractivity contribution in [1.29, 1.82) is 0 Å². The highest BCUT2D eigenvalue weighted by Gasteiger charge is 2.14. The van der Waals surface area contributed by atoms with Crippen molar-refractivity contribution in [2.75, 3.05) is 7.05 Å². The molecule has 1 aromatic heterocycles. The molecule has 2 heteroatoms. The van der Waals surface area contributed by atoms with Crippen LogP contribution in [0.4, 0.5) is 0 Å². The Morgan fingerprint density at radius 1 is 1.22 bits per heavy atom. The summed E-state index contributed by atoms with van der Waals surface area (Å²) in [6, 6.07) is 4.65. The van der Waals surface area contributed by atoms with Crippen molar-refractivity contribution >= 4 is 21.4 Å². The van der Waals surface area contributed by atoms with Crippen LogP contribution in [0.2, 0.25) is 0 Å². The normalized spacial score (nSPS) is 11.7. The van der Waals surface area contributed by atoms with Crippen LogP contribution in [0.15, 0.2) is 12.1 Å². The maximum absolute atomic E-state index is 3.30. The van der Waals surface area contributed by atoms with Crippen molar-refractivity contribution in [2.24, 2.45) is 5.92 Å². The zero-order chi connectivity index (χ0) is 13.3. The highest BCUT2D eigenvalue weighted by atomic mass is 32.1. The van der Waals surface area contributed by atoms with Crippen LogP contribution in [0.3, 0.4) is 0 Å². The number of rotatable bonds is 4. The Hall–Kier alpha value is -0.860. The summed E-state index contributed by atoms with van der Waals surface area (Å²) in [7, 11) is 2.03. The number of fused-ring (bicyclic) bond motifs is 1. The zero-order valence-electron chi connectivity index (χ0n) is 12.1. The summed E-state index contributed by atoms with van der Waals surface area (Å²) in [5.74, 6) is 0.708. The smallest absolute Gasteiger partial charge is 0.0378 e. The molecule has 1 heterocycles. The van der Waals surface area contributed by atoms with Gasteiger partial charge in [0.2, 0.25) is 0 Å². The molecule has 0 fully saturated rings. The lowest BCUT2D eigenvalue weighted by molar-refractivity contribution is 0.645. The van der Waals surface area contributed by atoms with Gasteiger partial charge < -0.3 is 5.32 Å². The lowest BCUT2D eigenvalue weighted by Crippen LogP contribution is -2.06. The van der Waals surface area contributed by atoms with Crippen LogP contribution in [0.25, 0.3) is 10.1 Å². The molecule has 1 aromatic carbocycles. The first-order valence-corrected chi connectivity index (χ1v) is 7.50. The number of hydrogen-bond donors (Lipinski definition) is 1. The first-order valence-electron chi connectivity index (χ1n) is 6.69. The standard InChI is InChI=1S/C16H23NS/c1-10(2)6-13-14-8-11(3)7-12(4)16(14)18-15(13)9-17-5/h7-8,10,17H,6,9H2,1-5H3. The van der Waals surface area contributed by atoms with E-state index in [9.17, 15) is 0 Å². The number of thiophene rings is 1. The van der Waals surface area contributed by atoms with E-state index >= 15 is 0 Å². The molecule has 1 N–H and O–H groups in total. The Bertz CT molecular complexity index is 552. The van der Waals surface area contributed by atoms with E-state index in [-0.39, 0.29) is 0 Å². The second kappa shape index (κ2) is 5.41. The molecule has 2 aromatic rings. The molecule has 1 nitrogen and oxygen atoms in total. The number of nitrogens with one attached hydrogen (secondary N) is 1. The minimum atomic E-state index is 0.708. The molecule has 0 aliphatic rings. The van der Waals surface area contributed by atoms with Gasteiger partial charge in [0.15, 0.2) is 0 Å². The molecule has 0 bridgehead atoms. The summed E-state index contributed by atoms with van der Waals surface area (Å²) in [5.41, 5.74) is 4.35. The number of hydrogen-bond acceptors (Lipinski definition) is 2. The van der Waals surface area contributed by atoms with Crippen LogP contribution in [-0.2, 0) is 13.0 Å². The quantitative estimate of drug-likeness (QED) is 0.858. The molecule has 2 rings (SSSR count). The zero-order valence-corrected chi connectivity index (χ0v) is 12.9. The average Bonchev–Trinajstić information content (AvgIpc) is 2.58. The van der Waals surface area contributed by atoms with E-state index in [2.05, 4.69) is 45.1 Å². The van der Waals surface area contributed by atoms with Crippen molar-refractivity contribution in [2.45, 2.75) is 40.7 Å². The van der Waals surface area contributed by atoms with Gasteiger partial charge in [0, 0.05) is 16.1 Å². The summed E-state index contributed by atoms with van der Waals surface area (Å²) in [4.78, 5) is 1.51. The lowest BCUT2D eigenvalue weighted by atomic mass is 9.98. The maximum Gasteiger partial charge on any atom is 0.0378 e. The van der Waals surface area contributed by atoms with Crippen LogP contribution in [0, 0.1) is 19.8 Å². The molecule has 98 valence electrons. The van der Waals surface area contributed by atoms with Gasteiger partial charge in [-0.25, -0.2) is 0 Å². The first-order chi connectivity index (χ1) is 8.52. The molecule has 0 saturated heterocycles. The molecule has 0 unspecified atom stereocenters. The van der Waals surface area contributed by atoms with Gasteiger partial charge in [-0.3, -0.25) is 0 Å². The molecular formula is C16H23NS. The van der Waals surface area contributed by atoms with Gasteiger partial charge in [-0.05, 0) is 49.7 Å². The fraction of sp³-hybridized carbons (Fsp3) is 0.500. The monoisotopic (exact) mass is 261 g/mol. The number of aryl methyl sites for hydroxylation is 2. The highest BCUT2D eigenvalue weighted by Crippen LogP contribution is 2.35. The Morgan fingerprint density at radius 2 is 1.94 bits per heavy atom. The molecule has 0 amide bonds. The average molecular weight is 261 g/mol.